The maximum atomic E-state index is 12.1. The number of ketones is 1. The van der Waals surface area contributed by atoms with Crippen LogP contribution >= 0.6 is 0 Å². The van der Waals surface area contributed by atoms with Crippen LogP contribution in [0, 0.1) is 5.92 Å². The second-order valence-electron chi connectivity index (χ2n) is 3.93. The maximum Gasteiger partial charge on any atom is 0.165 e. The normalized spacial score (nSPS) is 10.7. The average Bonchev–Trinajstić information content (AvgIpc) is 2.30. The summed E-state index contributed by atoms with van der Waals surface area (Å²) in [6.07, 6.45) is 2.86. The average molecular weight is 204 g/mol. The minimum absolute atomic E-state index is 0.192. The minimum Gasteiger partial charge on any atom is -0.294 e. The maximum absolute atomic E-state index is 12.1. The summed E-state index contributed by atoms with van der Waals surface area (Å²) in [6.45, 7) is 6.27. The van der Waals surface area contributed by atoms with Gasteiger partial charge in [0.05, 0.1) is 0 Å². The molecule has 1 rings (SSSR count). The van der Waals surface area contributed by atoms with E-state index in [1.807, 2.05) is 18.2 Å². The lowest BCUT2D eigenvalue weighted by Crippen LogP contribution is -2.13. The topological polar surface area (TPSA) is 17.1 Å². The van der Waals surface area contributed by atoms with Crippen LogP contribution in [0.4, 0.5) is 0 Å². The van der Waals surface area contributed by atoms with Crippen LogP contribution in [-0.2, 0) is 6.42 Å². The van der Waals surface area contributed by atoms with Gasteiger partial charge >= 0.3 is 0 Å². The number of Topliss-reactive ketones (excluding diaryl/α,β-unsaturated/α-hetero) is 1. The van der Waals surface area contributed by atoms with Crippen molar-refractivity contribution in [2.24, 2.45) is 5.92 Å². The molecule has 1 nitrogen and oxygen atoms in total. The smallest absolute Gasteiger partial charge is 0.165 e. The molecule has 0 aromatic heterocycles. The first kappa shape index (κ1) is 12.0. The van der Waals surface area contributed by atoms with Crippen LogP contribution < -0.4 is 0 Å². The Kier molecular flexibility index (Phi) is 4.54. The first-order valence-electron chi connectivity index (χ1n) is 5.86. The number of hydrogen-bond acceptors (Lipinski definition) is 1. The van der Waals surface area contributed by atoms with Gasteiger partial charge in [0, 0.05) is 11.5 Å². The Morgan fingerprint density at radius 3 is 2.40 bits per heavy atom. The number of hydrogen-bond donors (Lipinski definition) is 0. The summed E-state index contributed by atoms with van der Waals surface area (Å²) in [6, 6.07) is 8.01. The molecule has 0 N–H and O–H groups in total. The van der Waals surface area contributed by atoms with E-state index < -0.39 is 0 Å². The van der Waals surface area contributed by atoms with Gasteiger partial charge in [-0.3, -0.25) is 4.79 Å². The van der Waals surface area contributed by atoms with Gasteiger partial charge < -0.3 is 0 Å². The third-order valence-corrected chi connectivity index (χ3v) is 2.98. The zero-order valence-electron chi connectivity index (χ0n) is 9.92. The molecule has 82 valence electrons. The molecule has 0 saturated carbocycles. The Bertz CT molecular complexity index is 324. The highest BCUT2D eigenvalue weighted by Crippen LogP contribution is 2.16. The lowest BCUT2D eigenvalue weighted by molar-refractivity contribution is 0.0913. The van der Waals surface area contributed by atoms with Gasteiger partial charge in [-0.2, -0.15) is 0 Å². The van der Waals surface area contributed by atoms with Crippen molar-refractivity contribution in [1.82, 2.24) is 0 Å². The van der Waals surface area contributed by atoms with E-state index >= 15 is 0 Å². The quantitative estimate of drug-likeness (QED) is 0.665. The van der Waals surface area contributed by atoms with Gasteiger partial charge in [0.15, 0.2) is 5.78 Å². The Morgan fingerprint density at radius 2 is 1.87 bits per heavy atom. The van der Waals surface area contributed by atoms with Gasteiger partial charge in [0.25, 0.3) is 0 Å². The number of rotatable bonds is 5. The molecule has 1 heteroatoms. The minimum atomic E-state index is 0.192. The summed E-state index contributed by atoms with van der Waals surface area (Å²) in [5, 5.41) is 0. The second kappa shape index (κ2) is 5.69. The van der Waals surface area contributed by atoms with Crippen molar-refractivity contribution in [2.75, 3.05) is 0 Å². The van der Waals surface area contributed by atoms with E-state index in [1.165, 1.54) is 5.56 Å². The zero-order chi connectivity index (χ0) is 11.3. The summed E-state index contributed by atoms with van der Waals surface area (Å²) in [4.78, 5) is 12.1. The van der Waals surface area contributed by atoms with Crippen LogP contribution in [-0.4, -0.2) is 5.78 Å². The Morgan fingerprint density at radius 1 is 1.20 bits per heavy atom. The fourth-order valence-corrected chi connectivity index (χ4v) is 1.84. The second-order valence-corrected chi connectivity index (χ2v) is 3.93. The van der Waals surface area contributed by atoms with Crippen molar-refractivity contribution >= 4 is 5.78 Å². The molecule has 0 unspecified atom stereocenters. The lowest BCUT2D eigenvalue weighted by Gasteiger charge is -2.11. The fourth-order valence-electron chi connectivity index (χ4n) is 1.84. The van der Waals surface area contributed by atoms with Crippen LogP contribution in [0.1, 0.15) is 49.5 Å². The van der Waals surface area contributed by atoms with E-state index in [2.05, 4.69) is 26.8 Å². The Labute approximate surface area is 92.5 Å². The molecule has 15 heavy (non-hydrogen) atoms. The van der Waals surface area contributed by atoms with Crippen molar-refractivity contribution in [3.8, 4) is 0 Å². The Hall–Kier alpha value is -1.11. The largest absolute Gasteiger partial charge is 0.294 e. The summed E-state index contributed by atoms with van der Waals surface area (Å²) >= 11 is 0. The summed E-state index contributed by atoms with van der Waals surface area (Å²) in [5.41, 5.74) is 2.12. The number of benzene rings is 1. The SMILES string of the molecule is CCc1cccc(C(=O)C(CC)CC)c1. The molecule has 0 aliphatic carbocycles. The van der Waals surface area contributed by atoms with E-state index in [-0.39, 0.29) is 5.92 Å². The number of carbonyl (C=O) groups excluding carboxylic acids is 1. The fraction of sp³-hybridized carbons (Fsp3) is 0.500. The molecule has 0 atom stereocenters. The molecule has 0 radical (unpaired) electrons. The van der Waals surface area contributed by atoms with Gasteiger partial charge in [-0.1, -0.05) is 39.0 Å². The molecule has 0 aliphatic heterocycles. The van der Waals surface area contributed by atoms with Crippen molar-refractivity contribution in [2.45, 2.75) is 40.0 Å². The van der Waals surface area contributed by atoms with Gasteiger partial charge in [-0.05, 0) is 30.9 Å². The molecule has 0 bridgehead atoms. The standard InChI is InChI=1S/C14H20O/c1-4-11-8-7-9-13(10-11)14(15)12(5-2)6-3/h7-10,12H,4-6H2,1-3H3. The molecule has 0 saturated heterocycles. The van der Waals surface area contributed by atoms with Crippen LogP contribution in [0.5, 0.6) is 0 Å². The van der Waals surface area contributed by atoms with E-state index in [1.54, 1.807) is 0 Å². The van der Waals surface area contributed by atoms with E-state index in [0.29, 0.717) is 5.78 Å². The van der Waals surface area contributed by atoms with Gasteiger partial charge in [0.1, 0.15) is 0 Å². The molecule has 0 spiro atoms. The lowest BCUT2D eigenvalue weighted by atomic mass is 9.92. The molecular formula is C14H20O. The molecule has 1 aromatic rings. The predicted molar refractivity (Wildman–Crippen MR) is 64.2 cm³/mol. The van der Waals surface area contributed by atoms with Crippen molar-refractivity contribution < 1.29 is 4.79 Å². The molecule has 0 amide bonds. The summed E-state index contributed by atoms with van der Waals surface area (Å²) in [5.74, 6) is 0.493. The molecule has 0 fully saturated rings. The highest BCUT2D eigenvalue weighted by atomic mass is 16.1. The Balaban J connectivity index is 2.90. The van der Waals surface area contributed by atoms with Crippen LogP contribution in [0.3, 0.4) is 0 Å². The third kappa shape index (κ3) is 2.92. The number of carbonyl (C=O) groups is 1. The first-order chi connectivity index (χ1) is 7.22. The highest BCUT2D eigenvalue weighted by Gasteiger charge is 2.15. The van der Waals surface area contributed by atoms with Crippen LogP contribution in [0.15, 0.2) is 24.3 Å². The predicted octanol–water partition coefficient (Wildman–Crippen LogP) is 3.87. The molecular weight excluding hydrogens is 184 g/mol. The van der Waals surface area contributed by atoms with Crippen molar-refractivity contribution in [1.29, 1.82) is 0 Å². The van der Waals surface area contributed by atoms with E-state index in [0.717, 1.165) is 24.8 Å². The van der Waals surface area contributed by atoms with E-state index in [4.69, 9.17) is 0 Å². The molecule has 0 aliphatic rings. The van der Waals surface area contributed by atoms with Crippen molar-refractivity contribution in [3.63, 3.8) is 0 Å². The number of aryl methyl sites for hydroxylation is 1. The highest BCUT2D eigenvalue weighted by molar-refractivity contribution is 5.97. The van der Waals surface area contributed by atoms with E-state index in [9.17, 15) is 4.79 Å². The van der Waals surface area contributed by atoms with Gasteiger partial charge in [0.2, 0.25) is 0 Å². The monoisotopic (exact) mass is 204 g/mol. The third-order valence-electron chi connectivity index (χ3n) is 2.98. The van der Waals surface area contributed by atoms with Gasteiger partial charge in [-0.25, -0.2) is 0 Å². The summed E-state index contributed by atoms with van der Waals surface area (Å²) < 4.78 is 0. The molecule has 1 aromatic carbocycles. The zero-order valence-corrected chi connectivity index (χ0v) is 9.92. The summed E-state index contributed by atoms with van der Waals surface area (Å²) in [7, 11) is 0. The van der Waals surface area contributed by atoms with Crippen LogP contribution in [0.2, 0.25) is 0 Å². The van der Waals surface area contributed by atoms with Crippen LogP contribution in [0.25, 0.3) is 0 Å². The van der Waals surface area contributed by atoms with Gasteiger partial charge in [-0.15, -0.1) is 0 Å². The first-order valence-corrected chi connectivity index (χ1v) is 5.86. The van der Waals surface area contributed by atoms with Crippen molar-refractivity contribution in [3.05, 3.63) is 35.4 Å². The molecule has 0 heterocycles.